The SMILES string of the molecule is CCN(CC)c1ccc(C(=O)OCC(=O)Nc2cccc(S(=O)(=O)N3CCOCC3)c2)cc1. The molecule has 2 aromatic carbocycles. The first kappa shape index (κ1) is 24.7. The molecule has 3 rings (SSSR count). The van der Waals surface area contributed by atoms with Crippen LogP contribution in [0.2, 0.25) is 0 Å². The fraction of sp³-hybridized carbons (Fsp3) is 0.391. The zero-order valence-corrected chi connectivity index (χ0v) is 19.6. The number of amides is 1. The minimum absolute atomic E-state index is 0.0764. The number of sulfonamides is 1. The quantitative estimate of drug-likeness (QED) is 0.555. The largest absolute Gasteiger partial charge is 0.452 e. The van der Waals surface area contributed by atoms with E-state index in [0.29, 0.717) is 24.5 Å². The highest BCUT2D eigenvalue weighted by Gasteiger charge is 2.26. The summed E-state index contributed by atoms with van der Waals surface area (Å²) < 4.78 is 37.2. The maximum atomic E-state index is 12.8. The molecule has 0 radical (unpaired) electrons. The smallest absolute Gasteiger partial charge is 0.338 e. The third kappa shape index (κ3) is 6.31. The van der Waals surface area contributed by atoms with Gasteiger partial charge in [-0.25, -0.2) is 13.2 Å². The lowest BCUT2D eigenvalue weighted by Crippen LogP contribution is -2.40. The molecule has 0 bridgehead atoms. The molecule has 9 nitrogen and oxygen atoms in total. The summed E-state index contributed by atoms with van der Waals surface area (Å²) in [5, 5.41) is 2.57. The molecule has 1 heterocycles. The number of rotatable bonds is 9. The van der Waals surface area contributed by atoms with Crippen LogP contribution in [0, 0.1) is 0 Å². The number of nitrogens with one attached hydrogen (secondary N) is 1. The molecule has 0 saturated carbocycles. The summed E-state index contributed by atoms with van der Waals surface area (Å²) in [6, 6.07) is 13.0. The zero-order valence-electron chi connectivity index (χ0n) is 18.8. The molecule has 1 fully saturated rings. The summed E-state index contributed by atoms with van der Waals surface area (Å²) in [4.78, 5) is 26.8. The van der Waals surface area contributed by atoms with E-state index in [1.807, 2.05) is 12.1 Å². The van der Waals surface area contributed by atoms with Gasteiger partial charge in [0.1, 0.15) is 0 Å². The lowest BCUT2D eigenvalue weighted by molar-refractivity contribution is -0.119. The molecule has 1 N–H and O–H groups in total. The van der Waals surface area contributed by atoms with E-state index in [2.05, 4.69) is 24.1 Å². The van der Waals surface area contributed by atoms with Crippen LogP contribution >= 0.6 is 0 Å². The maximum absolute atomic E-state index is 12.8. The zero-order chi connectivity index (χ0) is 23.8. The van der Waals surface area contributed by atoms with Crippen LogP contribution in [0.3, 0.4) is 0 Å². The first-order chi connectivity index (χ1) is 15.8. The number of ether oxygens (including phenoxy) is 2. The van der Waals surface area contributed by atoms with Crippen LogP contribution in [0.4, 0.5) is 11.4 Å². The van der Waals surface area contributed by atoms with Crippen molar-refractivity contribution < 1.29 is 27.5 Å². The number of esters is 1. The van der Waals surface area contributed by atoms with E-state index in [-0.39, 0.29) is 18.0 Å². The van der Waals surface area contributed by atoms with E-state index >= 15 is 0 Å². The van der Waals surface area contributed by atoms with Crippen molar-refractivity contribution >= 4 is 33.3 Å². The number of carbonyl (C=O) groups excluding carboxylic acids is 2. The molecule has 2 aromatic rings. The average Bonchev–Trinajstić information content (AvgIpc) is 2.84. The normalized spacial score (nSPS) is 14.5. The molecule has 178 valence electrons. The van der Waals surface area contributed by atoms with Crippen LogP contribution < -0.4 is 10.2 Å². The molecule has 1 saturated heterocycles. The van der Waals surface area contributed by atoms with Crippen molar-refractivity contribution in [3.63, 3.8) is 0 Å². The van der Waals surface area contributed by atoms with E-state index < -0.39 is 28.5 Å². The van der Waals surface area contributed by atoms with Gasteiger partial charge < -0.3 is 19.7 Å². The van der Waals surface area contributed by atoms with Gasteiger partial charge in [-0.15, -0.1) is 0 Å². The van der Waals surface area contributed by atoms with Crippen molar-refractivity contribution in [2.24, 2.45) is 0 Å². The number of hydrogen-bond acceptors (Lipinski definition) is 7. The van der Waals surface area contributed by atoms with Crippen LogP contribution in [0.15, 0.2) is 53.4 Å². The van der Waals surface area contributed by atoms with Crippen LogP contribution in [-0.4, -0.2) is 70.6 Å². The molecule has 0 aliphatic carbocycles. The molecule has 1 aliphatic heterocycles. The molecular formula is C23H29N3O6S. The Morgan fingerprint density at radius 2 is 1.73 bits per heavy atom. The molecule has 10 heteroatoms. The van der Waals surface area contributed by atoms with E-state index in [4.69, 9.17) is 9.47 Å². The Hall–Kier alpha value is -2.95. The fourth-order valence-corrected chi connectivity index (χ4v) is 4.93. The van der Waals surface area contributed by atoms with Crippen molar-refractivity contribution in [2.75, 3.05) is 56.2 Å². The summed E-state index contributed by atoms with van der Waals surface area (Å²) in [6.07, 6.45) is 0. The second kappa shape index (κ2) is 11.3. The summed E-state index contributed by atoms with van der Waals surface area (Å²) in [5.74, 6) is -1.18. The number of nitrogens with zero attached hydrogens (tertiary/aromatic N) is 2. The highest BCUT2D eigenvalue weighted by Crippen LogP contribution is 2.21. The number of morpholine rings is 1. The van der Waals surface area contributed by atoms with Gasteiger partial charge in [0.2, 0.25) is 10.0 Å². The third-order valence-electron chi connectivity index (χ3n) is 5.29. The van der Waals surface area contributed by atoms with E-state index in [0.717, 1.165) is 18.8 Å². The Balaban J connectivity index is 1.56. The predicted octanol–water partition coefficient (Wildman–Crippen LogP) is 2.35. The Labute approximate surface area is 194 Å². The molecule has 0 unspecified atom stereocenters. The average molecular weight is 476 g/mol. The Bertz CT molecular complexity index is 1060. The molecule has 0 aromatic heterocycles. The van der Waals surface area contributed by atoms with Gasteiger partial charge in [-0.1, -0.05) is 6.07 Å². The van der Waals surface area contributed by atoms with Crippen molar-refractivity contribution in [1.82, 2.24) is 4.31 Å². The first-order valence-corrected chi connectivity index (χ1v) is 12.3. The Morgan fingerprint density at radius 1 is 1.06 bits per heavy atom. The Morgan fingerprint density at radius 3 is 2.36 bits per heavy atom. The fourth-order valence-electron chi connectivity index (χ4n) is 3.48. The van der Waals surface area contributed by atoms with Gasteiger partial charge in [-0.3, -0.25) is 4.79 Å². The molecule has 0 spiro atoms. The Kier molecular flexibility index (Phi) is 8.43. The summed E-state index contributed by atoms with van der Waals surface area (Å²) in [7, 11) is -3.68. The number of carbonyl (C=O) groups is 2. The van der Waals surface area contributed by atoms with Crippen molar-refractivity contribution in [3.8, 4) is 0 Å². The van der Waals surface area contributed by atoms with Crippen molar-refractivity contribution in [2.45, 2.75) is 18.7 Å². The van der Waals surface area contributed by atoms with Crippen LogP contribution in [0.25, 0.3) is 0 Å². The van der Waals surface area contributed by atoms with Gasteiger partial charge in [0.25, 0.3) is 5.91 Å². The summed E-state index contributed by atoms with van der Waals surface area (Å²) in [5.41, 5.74) is 1.65. The third-order valence-corrected chi connectivity index (χ3v) is 7.19. The molecule has 1 aliphatic rings. The van der Waals surface area contributed by atoms with E-state index in [1.54, 1.807) is 24.3 Å². The first-order valence-electron chi connectivity index (χ1n) is 10.8. The number of hydrogen-bond donors (Lipinski definition) is 1. The lowest BCUT2D eigenvalue weighted by atomic mass is 10.2. The lowest BCUT2D eigenvalue weighted by Gasteiger charge is -2.26. The maximum Gasteiger partial charge on any atom is 0.338 e. The van der Waals surface area contributed by atoms with Crippen LogP contribution in [0.5, 0.6) is 0 Å². The molecule has 33 heavy (non-hydrogen) atoms. The van der Waals surface area contributed by atoms with Gasteiger partial charge in [-0.2, -0.15) is 4.31 Å². The van der Waals surface area contributed by atoms with Gasteiger partial charge >= 0.3 is 5.97 Å². The minimum Gasteiger partial charge on any atom is -0.452 e. The number of anilines is 2. The van der Waals surface area contributed by atoms with Crippen molar-refractivity contribution in [3.05, 3.63) is 54.1 Å². The van der Waals surface area contributed by atoms with Gasteiger partial charge in [0.15, 0.2) is 6.61 Å². The predicted molar refractivity (Wildman–Crippen MR) is 125 cm³/mol. The number of benzene rings is 2. The monoisotopic (exact) mass is 475 g/mol. The molecular weight excluding hydrogens is 446 g/mol. The van der Waals surface area contributed by atoms with Gasteiger partial charge in [0, 0.05) is 37.6 Å². The van der Waals surface area contributed by atoms with Gasteiger partial charge in [-0.05, 0) is 56.3 Å². The highest BCUT2D eigenvalue weighted by atomic mass is 32.2. The molecule has 0 atom stereocenters. The minimum atomic E-state index is -3.68. The van der Waals surface area contributed by atoms with Crippen molar-refractivity contribution in [1.29, 1.82) is 0 Å². The van der Waals surface area contributed by atoms with Crippen LogP contribution in [0.1, 0.15) is 24.2 Å². The molecule has 1 amide bonds. The van der Waals surface area contributed by atoms with Crippen LogP contribution in [-0.2, 0) is 24.3 Å². The van der Waals surface area contributed by atoms with E-state index in [1.165, 1.54) is 16.4 Å². The summed E-state index contributed by atoms with van der Waals surface area (Å²) >= 11 is 0. The summed E-state index contributed by atoms with van der Waals surface area (Å²) in [6.45, 7) is 6.59. The second-order valence-electron chi connectivity index (χ2n) is 7.39. The highest BCUT2D eigenvalue weighted by molar-refractivity contribution is 7.89. The topological polar surface area (TPSA) is 105 Å². The van der Waals surface area contributed by atoms with Gasteiger partial charge in [0.05, 0.1) is 23.7 Å². The second-order valence-corrected chi connectivity index (χ2v) is 9.33. The standard InChI is InChI=1S/C23H29N3O6S/c1-3-25(4-2)20-10-8-18(9-11-20)23(28)32-17-22(27)24-19-6-5-7-21(16-19)33(29,30)26-12-14-31-15-13-26/h5-11,16H,3-4,12-15,17H2,1-2H3,(H,24,27). The van der Waals surface area contributed by atoms with E-state index in [9.17, 15) is 18.0 Å².